The maximum Gasteiger partial charge on any atom is 0.342 e. The van der Waals surface area contributed by atoms with Gasteiger partial charge in [-0.25, -0.2) is 4.79 Å². The van der Waals surface area contributed by atoms with E-state index in [2.05, 4.69) is 19.4 Å². The average molecular weight is 158 g/mol. The number of ether oxygens (including phenoxy) is 1. The Balaban J connectivity index is 2.79. The Bertz CT molecular complexity index is 233. The van der Waals surface area contributed by atoms with E-state index < -0.39 is 12.1 Å². The second-order valence-corrected chi connectivity index (χ2v) is 1.73. The molecule has 1 unspecified atom stereocenters. The van der Waals surface area contributed by atoms with Gasteiger partial charge in [0.15, 0.2) is 0 Å². The topological polar surface area (TPSA) is 85.5 Å². The molecule has 1 rings (SSSR count). The van der Waals surface area contributed by atoms with Crippen molar-refractivity contribution in [1.29, 1.82) is 0 Å². The Kier molecular flexibility index (Phi) is 2.17. The molecule has 0 radical (unpaired) electrons. The molecule has 1 aromatic heterocycles. The predicted molar refractivity (Wildman–Crippen MR) is 31.7 cm³/mol. The zero-order valence-electron chi connectivity index (χ0n) is 5.72. The lowest BCUT2D eigenvalue weighted by atomic mass is 10.4. The van der Waals surface area contributed by atoms with Crippen LogP contribution in [-0.4, -0.2) is 28.4 Å². The highest BCUT2D eigenvalue weighted by Gasteiger charge is 2.23. The van der Waals surface area contributed by atoms with E-state index in [-0.39, 0.29) is 5.89 Å². The van der Waals surface area contributed by atoms with Crippen LogP contribution in [0.1, 0.15) is 12.0 Å². The zero-order valence-corrected chi connectivity index (χ0v) is 5.72. The molecule has 6 heteroatoms. The van der Waals surface area contributed by atoms with E-state index in [0.29, 0.717) is 0 Å². The van der Waals surface area contributed by atoms with Crippen molar-refractivity contribution in [1.82, 2.24) is 10.2 Å². The first-order valence-electron chi connectivity index (χ1n) is 2.77. The van der Waals surface area contributed by atoms with Gasteiger partial charge < -0.3 is 14.3 Å². The summed E-state index contributed by atoms with van der Waals surface area (Å²) in [5, 5.41) is 15.2. The molecule has 0 aliphatic heterocycles. The highest BCUT2D eigenvalue weighted by Crippen LogP contribution is 2.12. The summed E-state index contributed by atoms with van der Waals surface area (Å²) in [6.07, 6.45) is -0.123. The second kappa shape index (κ2) is 3.11. The SMILES string of the molecule is COC(C(=O)O)c1nnco1. The predicted octanol–water partition coefficient (Wildman–Crippen LogP) is -0.158. The number of methoxy groups -OCH3 is 1. The van der Waals surface area contributed by atoms with Crippen LogP contribution in [0.2, 0.25) is 0 Å². The number of nitrogens with zero attached hydrogens (tertiary/aromatic N) is 2. The van der Waals surface area contributed by atoms with Crippen LogP contribution in [-0.2, 0) is 9.53 Å². The number of carbonyl (C=O) groups is 1. The molecule has 0 aliphatic rings. The standard InChI is InChI=1S/C5H6N2O4/c1-10-3(5(8)9)4-7-6-2-11-4/h2-3H,1H3,(H,8,9). The van der Waals surface area contributed by atoms with Crippen molar-refractivity contribution in [3.8, 4) is 0 Å². The maximum atomic E-state index is 10.4. The second-order valence-electron chi connectivity index (χ2n) is 1.73. The number of carboxylic acids is 1. The number of hydrogen-bond acceptors (Lipinski definition) is 5. The average Bonchev–Trinajstić information content (AvgIpc) is 2.40. The summed E-state index contributed by atoms with van der Waals surface area (Å²) < 4.78 is 9.18. The van der Waals surface area contributed by atoms with Gasteiger partial charge in [-0.2, -0.15) is 0 Å². The summed E-state index contributed by atoms with van der Waals surface area (Å²) >= 11 is 0. The van der Waals surface area contributed by atoms with E-state index in [0.717, 1.165) is 6.39 Å². The lowest BCUT2D eigenvalue weighted by Gasteiger charge is -2.02. The Morgan fingerprint density at radius 1 is 1.91 bits per heavy atom. The minimum atomic E-state index is -1.17. The van der Waals surface area contributed by atoms with Crippen molar-refractivity contribution < 1.29 is 19.1 Å². The van der Waals surface area contributed by atoms with E-state index in [9.17, 15) is 4.79 Å². The first kappa shape index (κ1) is 7.67. The highest BCUT2D eigenvalue weighted by molar-refractivity contribution is 5.72. The zero-order chi connectivity index (χ0) is 8.27. The molecule has 0 bridgehead atoms. The fourth-order valence-corrected chi connectivity index (χ4v) is 0.603. The summed E-state index contributed by atoms with van der Waals surface area (Å²) in [7, 11) is 1.25. The molecule has 1 atom stereocenters. The largest absolute Gasteiger partial charge is 0.479 e. The third-order valence-electron chi connectivity index (χ3n) is 1.06. The summed E-state index contributed by atoms with van der Waals surface area (Å²) in [5.74, 6) is -1.21. The lowest BCUT2D eigenvalue weighted by Crippen LogP contribution is -2.13. The lowest BCUT2D eigenvalue weighted by molar-refractivity contribution is -0.150. The Morgan fingerprint density at radius 3 is 3.00 bits per heavy atom. The van der Waals surface area contributed by atoms with Gasteiger partial charge in [0.1, 0.15) is 0 Å². The van der Waals surface area contributed by atoms with Crippen molar-refractivity contribution in [2.24, 2.45) is 0 Å². The van der Waals surface area contributed by atoms with E-state index >= 15 is 0 Å². The molecule has 1 N–H and O–H groups in total. The van der Waals surface area contributed by atoms with Gasteiger partial charge >= 0.3 is 5.97 Å². The van der Waals surface area contributed by atoms with Crippen LogP contribution >= 0.6 is 0 Å². The number of hydrogen-bond donors (Lipinski definition) is 1. The summed E-state index contributed by atoms with van der Waals surface area (Å²) in [4.78, 5) is 10.4. The van der Waals surface area contributed by atoms with E-state index in [1.54, 1.807) is 0 Å². The summed E-state index contributed by atoms with van der Waals surface area (Å²) in [5.41, 5.74) is 0. The molecule has 1 aromatic rings. The number of rotatable bonds is 3. The van der Waals surface area contributed by atoms with Gasteiger partial charge in [-0.05, 0) is 0 Å². The molecule has 0 aromatic carbocycles. The fourth-order valence-electron chi connectivity index (χ4n) is 0.603. The number of aromatic nitrogens is 2. The van der Waals surface area contributed by atoms with Gasteiger partial charge in [-0.3, -0.25) is 0 Å². The number of carboxylic acid groups (broad SMARTS) is 1. The fraction of sp³-hybridized carbons (Fsp3) is 0.400. The molecule has 60 valence electrons. The van der Waals surface area contributed by atoms with Gasteiger partial charge in [-0.1, -0.05) is 0 Å². The van der Waals surface area contributed by atoms with Gasteiger partial charge in [0.05, 0.1) is 0 Å². The molecule has 0 aliphatic carbocycles. The van der Waals surface area contributed by atoms with Crippen LogP contribution in [0.25, 0.3) is 0 Å². The first-order valence-corrected chi connectivity index (χ1v) is 2.77. The maximum absolute atomic E-state index is 10.4. The molecule has 0 saturated heterocycles. The van der Waals surface area contributed by atoms with Crippen LogP contribution in [0, 0.1) is 0 Å². The van der Waals surface area contributed by atoms with Crippen LogP contribution in [0.15, 0.2) is 10.8 Å². The Hall–Kier alpha value is -1.43. The van der Waals surface area contributed by atoms with Gasteiger partial charge in [0.25, 0.3) is 5.89 Å². The molecule has 6 nitrogen and oxygen atoms in total. The number of aliphatic carboxylic acids is 1. The Morgan fingerprint density at radius 2 is 2.64 bits per heavy atom. The monoisotopic (exact) mass is 158 g/mol. The van der Waals surface area contributed by atoms with Gasteiger partial charge in [0, 0.05) is 7.11 Å². The smallest absolute Gasteiger partial charge is 0.342 e. The molecule has 1 heterocycles. The third-order valence-corrected chi connectivity index (χ3v) is 1.06. The van der Waals surface area contributed by atoms with E-state index in [1.807, 2.05) is 0 Å². The third kappa shape index (κ3) is 1.53. The minimum absolute atomic E-state index is 0.0556. The van der Waals surface area contributed by atoms with Crippen LogP contribution < -0.4 is 0 Å². The van der Waals surface area contributed by atoms with Gasteiger partial charge in [0.2, 0.25) is 12.5 Å². The molecule has 0 fully saturated rings. The van der Waals surface area contributed by atoms with E-state index in [1.165, 1.54) is 7.11 Å². The van der Waals surface area contributed by atoms with Crippen LogP contribution in [0.4, 0.5) is 0 Å². The van der Waals surface area contributed by atoms with E-state index in [4.69, 9.17) is 5.11 Å². The van der Waals surface area contributed by atoms with Crippen molar-refractivity contribution in [3.63, 3.8) is 0 Å². The Labute approximate surface area is 61.8 Å². The van der Waals surface area contributed by atoms with Gasteiger partial charge in [-0.15, -0.1) is 10.2 Å². The van der Waals surface area contributed by atoms with Crippen molar-refractivity contribution in [2.45, 2.75) is 6.10 Å². The molecule has 0 spiro atoms. The van der Waals surface area contributed by atoms with Crippen molar-refractivity contribution in [3.05, 3.63) is 12.3 Å². The molecular formula is C5H6N2O4. The van der Waals surface area contributed by atoms with Crippen LogP contribution in [0.5, 0.6) is 0 Å². The molecular weight excluding hydrogens is 152 g/mol. The normalized spacial score (nSPS) is 12.8. The first-order chi connectivity index (χ1) is 5.25. The quantitative estimate of drug-likeness (QED) is 0.657. The summed E-state index contributed by atoms with van der Waals surface area (Å²) in [6, 6.07) is 0. The van der Waals surface area contributed by atoms with Crippen molar-refractivity contribution in [2.75, 3.05) is 7.11 Å². The van der Waals surface area contributed by atoms with Crippen LogP contribution in [0.3, 0.4) is 0 Å². The summed E-state index contributed by atoms with van der Waals surface area (Å²) in [6.45, 7) is 0. The molecule has 11 heavy (non-hydrogen) atoms. The minimum Gasteiger partial charge on any atom is -0.479 e. The highest BCUT2D eigenvalue weighted by atomic mass is 16.5. The molecule has 0 saturated carbocycles. The van der Waals surface area contributed by atoms with Crippen molar-refractivity contribution >= 4 is 5.97 Å². The molecule has 0 amide bonds.